The summed E-state index contributed by atoms with van der Waals surface area (Å²) in [6, 6.07) is 17.9. The van der Waals surface area contributed by atoms with E-state index in [2.05, 4.69) is 25.9 Å². The van der Waals surface area contributed by atoms with Gasteiger partial charge in [0.05, 0.1) is 0 Å². The Bertz CT molecular complexity index is 1070. The second kappa shape index (κ2) is 7.12. The van der Waals surface area contributed by atoms with Crippen LogP contribution in [0.25, 0.3) is 23.0 Å². The molecular weight excluding hydrogens is 344 g/mol. The van der Waals surface area contributed by atoms with Crippen molar-refractivity contribution in [3.8, 4) is 23.0 Å². The van der Waals surface area contributed by atoms with Crippen molar-refractivity contribution < 1.29 is 9.32 Å². The van der Waals surface area contributed by atoms with Crippen LogP contribution in [-0.4, -0.2) is 26.0 Å². The van der Waals surface area contributed by atoms with Crippen molar-refractivity contribution in [2.24, 2.45) is 7.05 Å². The second-order valence-corrected chi connectivity index (χ2v) is 5.79. The zero-order valence-electron chi connectivity index (χ0n) is 14.5. The van der Waals surface area contributed by atoms with Crippen LogP contribution in [0.1, 0.15) is 0 Å². The van der Waals surface area contributed by atoms with Crippen LogP contribution in [0.3, 0.4) is 0 Å². The quantitative estimate of drug-likeness (QED) is 0.577. The van der Waals surface area contributed by atoms with Gasteiger partial charge in [-0.1, -0.05) is 35.5 Å². The van der Waals surface area contributed by atoms with E-state index in [1.807, 2.05) is 42.5 Å². The standard InChI is InChI=1S/C19H16N6O2/c1-25-16(10-11-20-25)18-23-17(24-27-18)13-6-5-9-15(12-13)22-19(26)21-14-7-3-2-4-8-14/h2-12H,1H3,(H2,21,22,26). The van der Waals surface area contributed by atoms with Crippen molar-refractivity contribution in [3.63, 3.8) is 0 Å². The third kappa shape index (κ3) is 3.69. The van der Waals surface area contributed by atoms with Crippen molar-refractivity contribution in [2.45, 2.75) is 0 Å². The molecule has 0 fully saturated rings. The van der Waals surface area contributed by atoms with E-state index < -0.39 is 0 Å². The summed E-state index contributed by atoms with van der Waals surface area (Å²) in [5.41, 5.74) is 2.79. The smallest absolute Gasteiger partial charge is 0.323 e. The lowest BCUT2D eigenvalue weighted by molar-refractivity contribution is 0.262. The molecule has 2 N–H and O–H groups in total. The number of anilines is 2. The normalized spacial score (nSPS) is 10.6. The van der Waals surface area contributed by atoms with E-state index in [1.165, 1.54) is 0 Å². The molecule has 0 spiro atoms. The number of benzene rings is 2. The zero-order chi connectivity index (χ0) is 18.6. The number of rotatable bonds is 4. The minimum atomic E-state index is -0.331. The Labute approximate surface area is 154 Å². The lowest BCUT2D eigenvalue weighted by Crippen LogP contribution is -2.19. The van der Waals surface area contributed by atoms with Crippen molar-refractivity contribution in [1.29, 1.82) is 0 Å². The van der Waals surface area contributed by atoms with Crippen LogP contribution >= 0.6 is 0 Å². The number of hydrogen-bond acceptors (Lipinski definition) is 5. The van der Waals surface area contributed by atoms with Crippen molar-refractivity contribution >= 4 is 17.4 Å². The molecule has 2 aromatic carbocycles. The zero-order valence-corrected chi connectivity index (χ0v) is 14.5. The first-order chi connectivity index (χ1) is 13.2. The highest BCUT2D eigenvalue weighted by atomic mass is 16.5. The predicted molar refractivity (Wildman–Crippen MR) is 101 cm³/mol. The van der Waals surface area contributed by atoms with E-state index in [0.29, 0.717) is 23.1 Å². The number of urea groups is 1. The van der Waals surface area contributed by atoms with Gasteiger partial charge >= 0.3 is 6.03 Å². The molecule has 8 nitrogen and oxygen atoms in total. The van der Waals surface area contributed by atoms with Crippen molar-refractivity contribution in [1.82, 2.24) is 19.9 Å². The van der Waals surface area contributed by atoms with E-state index in [-0.39, 0.29) is 6.03 Å². The summed E-state index contributed by atoms with van der Waals surface area (Å²) in [7, 11) is 1.80. The highest BCUT2D eigenvalue weighted by molar-refractivity contribution is 6.00. The predicted octanol–water partition coefficient (Wildman–Crippen LogP) is 3.78. The molecule has 4 aromatic rings. The summed E-state index contributed by atoms with van der Waals surface area (Å²) in [5, 5.41) is 13.7. The molecule has 2 amide bonds. The number of para-hydroxylation sites is 1. The molecule has 2 aromatic heterocycles. The Hall–Kier alpha value is -3.94. The maximum atomic E-state index is 12.1. The first-order valence-electron chi connectivity index (χ1n) is 8.24. The van der Waals surface area contributed by atoms with E-state index in [0.717, 1.165) is 11.3 Å². The summed E-state index contributed by atoms with van der Waals surface area (Å²) >= 11 is 0. The molecule has 0 aliphatic heterocycles. The van der Waals surface area contributed by atoms with Gasteiger partial charge < -0.3 is 15.2 Å². The fraction of sp³-hybridized carbons (Fsp3) is 0.0526. The van der Waals surface area contributed by atoms with Gasteiger partial charge in [-0.2, -0.15) is 10.1 Å². The Morgan fingerprint density at radius 2 is 1.78 bits per heavy atom. The van der Waals surface area contributed by atoms with Crippen molar-refractivity contribution in [3.05, 3.63) is 66.9 Å². The molecule has 8 heteroatoms. The van der Waals surface area contributed by atoms with Crippen LogP contribution < -0.4 is 10.6 Å². The molecule has 0 aliphatic carbocycles. The van der Waals surface area contributed by atoms with E-state index in [1.54, 1.807) is 36.1 Å². The van der Waals surface area contributed by atoms with Gasteiger partial charge in [-0.05, 0) is 30.3 Å². The third-order valence-corrected chi connectivity index (χ3v) is 3.88. The molecule has 0 unspecified atom stereocenters. The molecular formula is C19H16N6O2. The number of carbonyl (C=O) groups is 1. The third-order valence-electron chi connectivity index (χ3n) is 3.88. The van der Waals surface area contributed by atoms with Gasteiger partial charge in [-0.25, -0.2) is 4.79 Å². The number of hydrogen-bond donors (Lipinski definition) is 2. The van der Waals surface area contributed by atoms with E-state index >= 15 is 0 Å². The first-order valence-corrected chi connectivity index (χ1v) is 8.24. The van der Waals surface area contributed by atoms with Gasteiger partial charge in [0, 0.05) is 30.2 Å². The fourth-order valence-electron chi connectivity index (χ4n) is 2.58. The van der Waals surface area contributed by atoms with Gasteiger partial charge in [0.15, 0.2) is 0 Å². The molecule has 0 saturated carbocycles. The maximum absolute atomic E-state index is 12.1. The average molecular weight is 360 g/mol. The van der Waals surface area contributed by atoms with Crippen LogP contribution in [0, 0.1) is 0 Å². The lowest BCUT2D eigenvalue weighted by Gasteiger charge is -2.08. The SMILES string of the molecule is Cn1nccc1-c1nc(-c2cccc(NC(=O)Nc3ccccc3)c2)no1. The minimum absolute atomic E-state index is 0.331. The number of aromatic nitrogens is 4. The van der Waals surface area contributed by atoms with Crippen LogP contribution in [0.5, 0.6) is 0 Å². The largest absolute Gasteiger partial charge is 0.332 e. The molecule has 0 saturated heterocycles. The summed E-state index contributed by atoms with van der Waals surface area (Å²) in [6.45, 7) is 0. The summed E-state index contributed by atoms with van der Waals surface area (Å²) in [4.78, 5) is 16.5. The van der Waals surface area contributed by atoms with Crippen molar-refractivity contribution in [2.75, 3.05) is 10.6 Å². The number of nitrogens with one attached hydrogen (secondary N) is 2. The van der Waals surface area contributed by atoms with Gasteiger partial charge in [0.2, 0.25) is 5.82 Å². The molecule has 27 heavy (non-hydrogen) atoms. The number of amides is 2. The van der Waals surface area contributed by atoms with E-state index in [4.69, 9.17) is 4.52 Å². The molecule has 0 bridgehead atoms. The summed E-state index contributed by atoms with van der Waals surface area (Å²) in [5.74, 6) is 0.809. The van der Waals surface area contributed by atoms with E-state index in [9.17, 15) is 4.79 Å². The average Bonchev–Trinajstić information content (AvgIpc) is 3.31. The topological polar surface area (TPSA) is 97.9 Å². The molecule has 0 atom stereocenters. The number of carbonyl (C=O) groups excluding carboxylic acids is 1. The molecule has 0 radical (unpaired) electrons. The molecule has 2 heterocycles. The van der Waals surface area contributed by atoms with Crippen LogP contribution in [0.15, 0.2) is 71.4 Å². The summed E-state index contributed by atoms with van der Waals surface area (Å²) < 4.78 is 6.98. The Kier molecular flexibility index (Phi) is 4.36. The molecule has 0 aliphatic rings. The maximum Gasteiger partial charge on any atom is 0.323 e. The first kappa shape index (κ1) is 16.5. The highest BCUT2D eigenvalue weighted by Gasteiger charge is 2.14. The Morgan fingerprint density at radius 1 is 1.00 bits per heavy atom. The number of nitrogens with zero attached hydrogens (tertiary/aromatic N) is 4. The highest BCUT2D eigenvalue weighted by Crippen LogP contribution is 2.23. The van der Waals surface area contributed by atoms with Crippen LogP contribution in [-0.2, 0) is 7.05 Å². The van der Waals surface area contributed by atoms with Gasteiger partial charge in [-0.15, -0.1) is 0 Å². The van der Waals surface area contributed by atoms with Gasteiger partial charge in [0.1, 0.15) is 5.69 Å². The Balaban J connectivity index is 1.50. The Morgan fingerprint density at radius 3 is 2.56 bits per heavy atom. The van der Waals surface area contributed by atoms with Crippen LogP contribution in [0.2, 0.25) is 0 Å². The lowest BCUT2D eigenvalue weighted by atomic mass is 10.2. The van der Waals surface area contributed by atoms with Gasteiger partial charge in [0.25, 0.3) is 5.89 Å². The minimum Gasteiger partial charge on any atom is -0.332 e. The fourth-order valence-corrected chi connectivity index (χ4v) is 2.58. The summed E-state index contributed by atoms with van der Waals surface area (Å²) in [6.07, 6.45) is 1.66. The molecule has 134 valence electrons. The second-order valence-electron chi connectivity index (χ2n) is 5.79. The number of aryl methyl sites for hydroxylation is 1. The molecule has 4 rings (SSSR count). The van der Waals surface area contributed by atoms with Gasteiger partial charge in [-0.3, -0.25) is 4.68 Å². The monoisotopic (exact) mass is 360 g/mol. The van der Waals surface area contributed by atoms with Crippen LogP contribution in [0.4, 0.5) is 16.2 Å².